The molecule has 1 unspecified atom stereocenters. The summed E-state index contributed by atoms with van der Waals surface area (Å²) in [6.07, 6.45) is 11.4. The number of ether oxygens (including phenoxy) is 1. The molecule has 0 aromatic rings. The van der Waals surface area contributed by atoms with Crippen molar-refractivity contribution >= 4 is 0 Å². The topological polar surface area (TPSA) is 9.23 Å². The number of allylic oxidation sites excluding steroid dienone is 1. The maximum Gasteiger partial charge on any atom is 0.0755 e. The van der Waals surface area contributed by atoms with Gasteiger partial charge in [0.25, 0.3) is 0 Å². The van der Waals surface area contributed by atoms with E-state index in [1.165, 1.54) is 32.1 Å². The summed E-state index contributed by atoms with van der Waals surface area (Å²) < 4.78 is 5.53. The molecule has 0 amide bonds. The van der Waals surface area contributed by atoms with Crippen LogP contribution in [0.25, 0.3) is 0 Å². The van der Waals surface area contributed by atoms with Gasteiger partial charge in [-0.05, 0) is 26.2 Å². The Kier molecular flexibility index (Phi) is 4.29. The molecule has 0 heterocycles. The molecule has 0 radical (unpaired) electrons. The molecule has 11 heavy (non-hydrogen) atoms. The van der Waals surface area contributed by atoms with E-state index in [1.807, 2.05) is 0 Å². The van der Waals surface area contributed by atoms with E-state index in [-0.39, 0.29) is 0 Å². The molecule has 0 aromatic heterocycles. The van der Waals surface area contributed by atoms with E-state index < -0.39 is 0 Å². The van der Waals surface area contributed by atoms with Gasteiger partial charge in [0, 0.05) is 6.61 Å². The molecular weight excluding hydrogens is 136 g/mol. The van der Waals surface area contributed by atoms with Crippen LogP contribution in [0.15, 0.2) is 12.2 Å². The minimum Gasteiger partial charge on any atom is -0.374 e. The van der Waals surface area contributed by atoms with Crippen molar-refractivity contribution in [1.29, 1.82) is 0 Å². The first-order valence-electron chi connectivity index (χ1n) is 4.71. The molecule has 0 bridgehead atoms. The summed E-state index contributed by atoms with van der Waals surface area (Å²) in [5.74, 6) is 0. The normalized spacial score (nSPS) is 29.0. The van der Waals surface area contributed by atoms with Crippen LogP contribution in [-0.2, 0) is 4.74 Å². The highest BCUT2D eigenvalue weighted by molar-refractivity contribution is 4.90. The Hall–Kier alpha value is -0.300. The summed E-state index contributed by atoms with van der Waals surface area (Å²) in [6, 6.07) is 0. The first-order valence-corrected chi connectivity index (χ1v) is 4.71. The van der Waals surface area contributed by atoms with Gasteiger partial charge in [0.15, 0.2) is 0 Å². The average molecular weight is 154 g/mol. The van der Waals surface area contributed by atoms with Crippen LogP contribution >= 0.6 is 0 Å². The van der Waals surface area contributed by atoms with Crippen LogP contribution in [-0.4, -0.2) is 12.7 Å². The van der Waals surface area contributed by atoms with Gasteiger partial charge in [-0.15, -0.1) is 0 Å². The molecule has 0 aliphatic heterocycles. The zero-order valence-electron chi connectivity index (χ0n) is 7.38. The molecule has 1 aliphatic rings. The Morgan fingerprint density at radius 1 is 1.36 bits per heavy atom. The number of hydrogen-bond acceptors (Lipinski definition) is 1. The van der Waals surface area contributed by atoms with Crippen molar-refractivity contribution in [2.45, 2.75) is 45.1 Å². The fraction of sp³-hybridized carbons (Fsp3) is 0.800. The standard InChI is InChI=1S/C10H18O/c1-2-11-10-8-6-4-3-5-7-9-10/h6,8,10H,2-5,7,9H2,1H3/b8-6+. The molecule has 64 valence electrons. The largest absolute Gasteiger partial charge is 0.374 e. The maximum atomic E-state index is 5.53. The zero-order chi connectivity index (χ0) is 7.94. The summed E-state index contributed by atoms with van der Waals surface area (Å²) in [7, 11) is 0. The number of rotatable bonds is 2. The lowest BCUT2D eigenvalue weighted by molar-refractivity contribution is 0.0873. The smallest absolute Gasteiger partial charge is 0.0755 e. The molecule has 0 N–H and O–H groups in total. The van der Waals surface area contributed by atoms with Crippen LogP contribution < -0.4 is 0 Å². The Morgan fingerprint density at radius 2 is 2.27 bits per heavy atom. The van der Waals surface area contributed by atoms with Crippen LogP contribution in [0.5, 0.6) is 0 Å². The van der Waals surface area contributed by atoms with E-state index in [4.69, 9.17) is 4.74 Å². The molecule has 0 saturated carbocycles. The molecule has 0 fully saturated rings. The second-order valence-corrected chi connectivity index (χ2v) is 3.06. The molecule has 1 heteroatoms. The fourth-order valence-electron chi connectivity index (χ4n) is 1.48. The van der Waals surface area contributed by atoms with Crippen LogP contribution in [0.1, 0.15) is 39.0 Å². The van der Waals surface area contributed by atoms with E-state index in [1.54, 1.807) is 0 Å². The summed E-state index contributed by atoms with van der Waals surface area (Å²) in [5, 5.41) is 0. The van der Waals surface area contributed by atoms with E-state index in [0.29, 0.717) is 6.10 Å². The first-order chi connectivity index (χ1) is 5.43. The van der Waals surface area contributed by atoms with Crippen LogP contribution in [0.4, 0.5) is 0 Å². The molecule has 1 atom stereocenters. The Balaban J connectivity index is 2.29. The zero-order valence-corrected chi connectivity index (χ0v) is 7.38. The van der Waals surface area contributed by atoms with E-state index in [0.717, 1.165) is 6.61 Å². The predicted molar refractivity (Wildman–Crippen MR) is 47.6 cm³/mol. The summed E-state index contributed by atoms with van der Waals surface area (Å²) in [4.78, 5) is 0. The van der Waals surface area contributed by atoms with Gasteiger partial charge in [0.1, 0.15) is 0 Å². The van der Waals surface area contributed by atoms with Gasteiger partial charge >= 0.3 is 0 Å². The lowest BCUT2D eigenvalue weighted by Crippen LogP contribution is -2.10. The highest BCUT2D eigenvalue weighted by Crippen LogP contribution is 2.13. The molecule has 1 aliphatic carbocycles. The van der Waals surface area contributed by atoms with Gasteiger partial charge < -0.3 is 4.74 Å². The van der Waals surface area contributed by atoms with E-state index in [9.17, 15) is 0 Å². The van der Waals surface area contributed by atoms with Crippen molar-refractivity contribution in [2.24, 2.45) is 0 Å². The summed E-state index contributed by atoms with van der Waals surface area (Å²) in [5.41, 5.74) is 0. The van der Waals surface area contributed by atoms with Crippen molar-refractivity contribution in [1.82, 2.24) is 0 Å². The Bertz CT molecular complexity index is 118. The molecule has 0 aromatic carbocycles. The Labute approximate surface area is 69.4 Å². The average Bonchev–Trinajstić information content (AvgIpc) is 1.94. The fourth-order valence-corrected chi connectivity index (χ4v) is 1.48. The van der Waals surface area contributed by atoms with Gasteiger partial charge in [-0.3, -0.25) is 0 Å². The summed E-state index contributed by atoms with van der Waals surface area (Å²) in [6.45, 7) is 2.90. The minimum absolute atomic E-state index is 0.403. The molecule has 1 nitrogen and oxygen atoms in total. The third-order valence-electron chi connectivity index (χ3n) is 2.09. The minimum atomic E-state index is 0.403. The first kappa shape index (κ1) is 8.79. The lowest BCUT2D eigenvalue weighted by Gasteiger charge is -2.14. The van der Waals surface area contributed by atoms with E-state index in [2.05, 4.69) is 19.1 Å². The molecule has 0 saturated heterocycles. The second kappa shape index (κ2) is 5.36. The van der Waals surface area contributed by atoms with Crippen molar-refractivity contribution in [3.8, 4) is 0 Å². The highest BCUT2D eigenvalue weighted by atomic mass is 16.5. The highest BCUT2D eigenvalue weighted by Gasteiger charge is 2.04. The number of hydrogen-bond donors (Lipinski definition) is 0. The van der Waals surface area contributed by atoms with Gasteiger partial charge in [0.2, 0.25) is 0 Å². The lowest BCUT2D eigenvalue weighted by atomic mass is 10.0. The van der Waals surface area contributed by atoms with Crippen LogP contribution in [0.2, 0.25) is 0 Å². The van der Waals surface area contributed by atoms with Crippen LogP contribution in [0, 0.1) is 0 Å². The third kappa shape index (κ3) is 3.57. The van der Waals surface area contributed by atoms with Gasteiger partial charge in [-0.25, -0.2) is 0 Å². The van der Waals surface area contributed by atoms with Crippen molar-refractivity contribution in [3.63, 3.8) is 0 Å². The summed E-state index contributed by atoms with van der Waals surface area (Å²) >= 11 is 0. The molecule has 1 rings (SSSR count). The van der Waals surface area contributed by atoms with Gasteiger partial charge in [-0.2, -0.15) is 0 Å². The molecule has 0 spiro atoms. The Morgan fingerprint density at radius 3 is 3.09 bits per heavy atom. The third-order valence-corrected chi connectivity index (χ3v) is 2.09. The van der Waals surface area contributed by atoms with Gasteiger partial charge in [-0.1, -0.05) is 25.0 Å². The second-order valence-electron chi connectivity index (χ2n) is 3.06. The van der Waals surface area contributed by atoms with Crippen molar-refractivity contribution in [2.75, 3.05) is 6.61 Å². The van der Waals surface area contributed by atoms with Crippen molar-refractivity contribution < 1.29 is 4.74 Å². The van der Waals surface area contributed by atoms with E-state index >= 15 is 0 Å². The van der Waals surface area contributed by atoms with Crippen molar-refractivity contribution in [3.05, 3.63) is 12.2 Å². The monoisotopic (exact) mass is 154 g/mol. The quantitative estimate of drug-likeness (QED) is 0.556. The SMILES string of the molecule is CCOC1/C=C/CCCCC1. The van der Waals surface area contributed by atoms with Crippen LogP contribution in [0.3, 0.4) is 0 Å². The maximum absolute atomic E-state index is 5.53. The van der Waals surface area contributed by atoms with Gasteiger partial charge in [0.05, 0.1) is 6.10 Å². The molecular formula is C10H18O. The predicted octanol–water partition coefficient (Wildman–Crippen LogP) is 2.91.